The number of ether oxygens (including phenoxy) is 1. The van der Waals surface area contributed by atoms with Crippen LogP contribution >= 0.6 is 23.6 Å². The summed E-state index contributed by atoms with van der Waals surface area (Å²) in [6, 6.07) is 21.7. The number of thiophene rings is 1. The van der Waals surface area contributed by atoms with Gasteiger partial charge in [0.1, 0.15) is 5.00 Å². The molecule has 0 amide bonds. The van der Waals surface area contributed by atoms with Gasteiger partial charge >= 0.3 is 5.97 Å². The van der Waals surface area contributed by atoms with Gasteiger partial charge in [0.2, 0.25) is 0 Å². The Hall–Kier alpha value is -2.74. The topological polar surface area (TPSA) is 44.8 Å². The summed E-state index contributed by atoms with van der Waals surface area (Å²) in [6.07, 6.45) is 4.25. The van der Waals surface area contributed by atoms with E-state index in [0.717, 1.165) is 56.0 Å². The number of anilines is 1. The first kappa shape index (κ1) is 24.9. The number of nitrogens with zero attached hydrogens (tertiary/aromatic N) is 2. The number of fused-ring (bicyclic) bond motifs is 1. The van der Waals surface area contributed by atoms with Gasteiger partial charge in [0.05, 0.1) is 18.2 Å². The molecule has 188 valence electrons. The van der Waals surface area contributed by atoms with Crippen LogP contribution in [0.1, 0.15) is 57.7 Å². The summed E-state index contributed by atoms with van der Waals surface area (Å²) in [5.41, 5.74) is 4.47. The van der Waals surface area contributed by atoms with E-state index in [2.05, 4.69) is 75.8 Å². The van der Waals surface area contributed by atoms with Crippen molar-refractivity contribution in [3.8, 4) is 0 Å². The Balaban J connectivity index is 1.29. The summed E-state index contributed by atoms with van der Waals surface area (Å²) in [4.78, 5) is 18.9. The van der Waals surface area contributed by atoms with E-state index in [1.165, 1.54) is 22.4 Å². The van der Waals surface area contributed by atoms with Gasteiger partial charge in [-0.1, -0.05) is 60.7 Å². The molecule has 0 bridgehead atoms. The Morgan fingerprint density at radius 1 is 0.972 bits per heavy atom. The minimum atomic E-state index is -0.236. The largest absolute Gasteiger partial charge is 0.462 e. The van der Waals surface area contributed by atoms with E-state index >= 15 is 0 Å². The Kier molecular flexibility index (Phi) is 7.99. The molecule has 1 aromatic heterocycles. The van der Waals surface area contributed by atoms with Crippen molar-refractivity contribution < 1.29 is 9.53 Å². The van der Waals surface area contributed by atoms with Crippen LogP contribution < -0.4 is 5.32 Å². The third kappa shape index (κ3) is 5.33. The van der Waals surface area contributed by atoms with Crippen LogP contribution in [0.5, 0.6) is 0 Å². The van der Waals surface area contributed by atoms with Crippen molar-refractivity contribution in [2.75, 3.05) is 38.1 Å². The smallest absolute Gasteiger partial charge is 0.341 e. The summed E-state index contributed by atoms with van der Waals surface area (Å²) >= 11 is 7.52. The van der Waals surface area contributed by atoms with Gasteiger partial charge in [0.25, 0.3) is 0 Å². The molecule has 0 saturated carbocycles. The molecule has 36 heavy (non-hydrogen) atoms. The first-order valence-corrected chi connectivity index (χ1v) is 14.1. The van der Waals surface area contributed by atoms with Gasteiger partial charge in [-0.25, -0.2) is 4.79 Å². The predicted molar refractivity (Wildman–Crippen MR) is 151 cm³/mol. The molecule has 7 heteroatoms. The summed E-state index contributed by atoms with van der Waals surface area (Å²) in [7, 11) is 0. The fourth-order valence-corrected chi connectivity index (χ4v) is 6.94. The number of esters is 1. The van der Waals surface area contributed by atoms with E-state index in [4.69, 9.17) is 17.0 Å². The lowest BCUT2D eigenvalue weighted by molar-refractivity contribution is 0.0526. The van der Waals surface area contributed by atoms with E-state index in [1.54, 1.807) is 11.3 Å². The standard InChI is InChI=1S/C29H33N3O2S2/c1-2-34-28(33)25-23-15-9-10-16-24(23)36-27(25)30-29(35)32-19-17-31(18-20-32)26(21-11-5-3-6-12-21)22-13-7-4-8-14-22/h3-8,11-14,26H,2,9-10,15-20H2,1H3,(H,30,35). The Morgan fingerprint density at radius 2 is 1.58 bits per heavy atom. The Bertz CT molecular complexity index is 1150. The zero-order valence-electron chi connectivity index (χ0n) is 20.7. The minimum Gasteiger partial charge on any atom is -0.462 e. The van der Waals surface area contributed by atoms with Gasteiger partial charge in [0, 0.05) is 31.1 Å². The number of nitrogens with one attached hydrogen (secondary N) is 1. The van der Waals surface area contributed by atoms with E-state index < -0.39 is 0 Å². The highest BCUT2D eigenvalue weighted by molar-refractivity contribution is 7.80. The maximum atomic E-state index is 12.8. The highest BCUT2D eigenvalue weighted by Crippen LogP contribution is 2.39. The number of hydrogen-bond acceptors (Lipinski definition) is 5. The molecule has 2 heterocycles. The summed E-state index contributed by atoms with van der Waals surface area (Å²) in [5, 5.41) is 4.98. The summed E-state index contributed by atoms with van der Waals surface area (Å²) in [6.45, 7) is 5.71. The van der Waals surface area contributed by atoms with Crippen LogP contribution in [0.25, 0.3) is 0 Å². The molecule has 0 unspecified atom stereocenters. The molecular weight excluding hydrogens is 486 g/mol. The van der Waals surface area contributed by atoms with Crippen LogP contribution in [0, 0.1) is 0 Å². The van der Waals surface area contributed by atoms with E-state index in [1.807, 2.05) is 6.92 Å². The van der Waals surface area contributed by atoms with Crippen LogP contribution in [0.2, 0.25) is 0 Å². The second-order valence-electron chi connectivity index (χ2n) is 9.31. The quantitative estimate of drug-likeness (QED) is 0.323. The fraction of sp³-hybridized carbons (Fsp3) is 0.379. The lowest BCUT2D eigenvalue weighted by Crippen LogP contribution is -2.51. The Labute approximate surface area is 223 Å². The molecule has 2 aliphatic rings. The van der Waals surface area contributed by atoms with Gasteiger partial charge in [0.15, 0.2) is 5.11 Å². The summed E-state index contributed by atoms with van der Waals surface area (Å²) < 4.78 is 5.41. The predicted octanol–water partition coefficient (Wildman–Crippen LogP) is 5.91. The van der Waals surface area contributed by atoms with Crippen LogP contribution in [-0.4, -0.2) is 53.7 Å². The van der Waals surface area contributed by atoms with Crippen molar-refractivity contribution >= 4 is 39.6 Å². The van der Waals surface area contributed by atoms with E-state index in [9.17, 15) is 4.79 Å². The van der Waals surface area contributed by atoms with Crippen molar-refractivity contribution in [2.24, 2.45) is 0 Å². The van der Waals surface area contributed by atoms with Crippen LogP contribution in [0.15, 0.2) is 60.7 Å². The lowest BCUT2D eigenvalue weighted by atomic mass is 9.95. The molecule has 2 aromatic carbocycles. The van der Waals surface area contributed by atoms with Gasteiger partial charge in [-0.2, -0.15) is 0 Å². The monoisotopic (exact) mass is 519 g/mol. The molecule has 0 radical (unpaired) electrons. The van der Waals surface area contributed by atoms with Crippen LogP contribution in [0.4, 0.5) is 5.00 Å². The zero-order chi connectivity index (χ0) is 24.9. The highest BCUT2D eigenvalue weighted by Gasteiger charge is 2.30. The minimum absolute atomic E-state index is 0.218. The number of carbonyl (C=O) groups excluding carboxylic acids is 1. The second-order valence-corrected chi connectivity index (χ2v) is 10.8. The van der Waals surface area contributed by atoms with Crippen molar-refractivity contribution in [1.82, 2.24) is 9.80 Å². The van der Waals surface area contributed by atoms with Crippen LogP contribution in [-0.2, 0) is 17.6 Å². The normalized spacial score (nSPS) is 16.0. The average Bonchev–Trinajstić information content (AvgIpc) is 3.28. The SMILES string of the molecule is CCOC(=O)c1c(NC(=S)N2CCN(C(c3ccccc3)c3ccccc3)CC2)sc2c1CCCC2. The molecule has 1 N–H and O–H groups in total. The highest BCUT2D eigenvalue weighted by atomic mass is 32.1. The molecule has 1 saturated heterocycles. The molecular formula is C29H33N3O2S2. The molecule has 5 nitrogen and oxygen atoms in total. The molecule has 5 rings (SSSR count). The fourth-order valence-electron chi connectivity index (χ4n) is 5.32. The van der Waals surface area contributed by atoms with Gasteiger partial charge in [-0.15, -0.1) is 11.3 Å². The van der Waals surface area contributed by atoms with Crippen LogP contribution in [0.3, 0.4) is 0 Å². The number of thiocarbonyl (C=S) groups is 1. The number of hydrogen-bond donors (Lipinski definition) is 1. The van der Waals surface area contributed by atoms with Crippen molar-refractivity contribution in [2.45, 2.75) is 38.6 Å². The van der Waals surface area contributed by atoms with E-state index in [0.29, 0.717) is 17.3 Å². The third-order valence-electron chi connectivity index (χ3n) is 7.07. The molecule has 0 atom stereocenters. The third-order valence-corrected chi connectivity index (χ3v) is 8.64. The van der Waals surface area contributed by atoms with E-state index in [-0.39, 0.29) is 12.0 Å². The zero-order valence-corrected chi connectivity index (χ0v) is 22.4. The summed E-state index contributed by atoms with van der Waals surface area (Å²) in [5.74, 6) is -0.236. The van der Waals surface area contributed by atoms with Crippen molar-refractivity contribution in [3.63, 3.8) is 0 Å². The van der Waals surface area contributed by atoms with Gasteiger partial charge in [-0.05, 0) is 61.5 Å². The number of carbonyl (C=O) groups is 1. The average molecular weight is 520 g/mol. The van der Waals surface area contributed by atoms with Crippen molar-refractivity contribution in [3.05, 3.63) is 87.8 Å². The number of benzene rings is 2. The van der Waals surface area contributed by atoms with Gasteiger partial charge < -0.3 is 15.0 Å². The molecule has 1 fully saturated rings. The maximum absolute atomic E-state index is 12.8. The maximum Gasteiger partial charge on any atom is 0.341 e. The number of aryl methyl sites for hydroxylation is 1. The van der Waals surface area contributed by atoms with Crippen molar-refractivity contribution in [1.29, 1.82) is 0 Å². The molecule has 1 aliphatic carbocycles. The van der Waals surface area contributed by atoms with Gasteiger partial charge in [-0.3, -0.25) is 4.90 Å². The first-order valence-electron chi connectivity index (χ1n) is 12.9. The lowest BCUT2D eigenvalue weighted by Gasteiger charge is -2.40. The second kappa shape index (κ2) is 11.5. The molecule has 0 spiro atoms. The first-order chi connectivity index (χ1) is 17.7. The molecule has 3 aromatic rings. The number of piperazine rings is 1. The number of rotatable bonds is 6. The Morgan fingerprint density at radius 3 is 2.19 bits per heavy atom. The molecule has 1 aliphatic heterocycles.